The van der Waals surface area contributed by atoms with Crippen LogP contribution >= 0.6 is 12.4 Å². The van der Waals surface area contributed by atoms with Crippen LogP contribution in [-0.4, -0.2) is 33.3 Å². The van der Waals surface area contributed by atoms with E-state index in [-0.39, 0.29) is 12.4 Å². The normalized spacial score (nSPS) is 10.4. The molecule has 2 aromatic carbocycles. The highest BCUT2D eigenvalue weighted by atomic mass is 35.5. The summed E-state index contributed by atoms with van der Waals surface area (Å²) in [5, 5.41) is 20.7. The minimum atomic E-state index is 0. The van der Waals surface area contributed by atoms with Gasteiger partial charge in [-0.3, -0.25) is 0 Å². The number of hydrogen-bond donors (Lipinski definition) is 6. The smallest absolute Gasteiger partial charge is 0.116 e. The molecule has 8 N–H and O–H groups in total. The molecule has 0 saturated carbocycles. The summed E-state index contributed by atoms with van der Waals surface area (Å²) in [6, 6.07) is 10.6. The molecule has 2 heterocycles. The van der Waals surface area contributed by atoms with Gasteiger partial charge in [0.2, 0.25) is 0 Å². The highest BCUT2D eigenvalue weighted by Gasteiger charge is 2.03. The molecule has 0 fully saturated rings. The van der Waals surface area contributed by atoms with Gasteiger partial charge in [-0.1, -0.05) is 0 Å². The summed E-state index contributed by atoms with van der Waals surface area (Å²) in [7, 11) is 0. The number of rotatable bonds is 4. The molecule has 0 bridgehead atoms. The molecule has 4 rings (SSSR count). The van der Waals surface area contributed by atoms with E-state index in [1.807, 2.05) is 24.5 Å². The molecule has 0 atom stereocenters. The molecule has 0 unspecified atom stereocenters. The van der Waals surface area contributed by atoms with Gasteiger partial charge in [-0.15, -0.1) is 12.4 Å². The first kappa shape index (κ1) is 20.6. The molecule has 0 aliphatic rings. The molecule has 6 nitrogen and oxygen atoms in total. The van der Waals surface area contributed by atoms with Crippen LogP contribution in [0, 0.1) is 0 Å². The van der Waals surface area contributed by atoms with Gasteiger partial charge in [-0.25, -0.2) is 0 Å². The van der Waals surface area contributed by atoms with E-state index in [0.29, 0.717) is 24.6 Å². The highest BCUT2D eigenvalue weighted by Crippen LogP contribution is 2.23. The number of fused-ring (bicyclic) bond motifs is 2. The molecular weight excluding hydrogens is 364 g/mol. The van der Waals surface area contributed by atoms with E-state index in [1.165, 1.54) is 0 Å². The van der Waals surface area contributed by atoms with Crippen molar-refractivity contribution in [3.63, 3.8) is 0 Å². The first-order valence-corrected chi connectivity index (χ1v) is 8.60. The molecule has 0 saturated heterocycles. The second-order valence-electron chi connectivity index (χ2n) is 6.16. The van der Waals surface area contributed by atoms with Gasteiger partial charge in [0.05, 0.1) is 0 Å². The van der Waals surface area contributed by atoms with E-state index in [9.17, 15) is 10.2 Å². The van der Waals surface area contributed by atoms with Gasteiger partial charge in [0, 0.05) is 34.2 Å². The average Bonchev–Trinajstić information content (AvgIpc) is 3.21. The Morgan fingerprint density at radius 3 is 1.48 bits per heavy atom. The van der Waals surface area contributed by atoms with Gasteiger partial charge < -0.3 is 31.6 Å². The van der Waals surface area contributed by atoms with E-state index in [0.717, 1.165) is 45.8 Å². The quantitative estimate of drug-likeness (QED) is 0.321. The summed E-state index contributed by atoms with van der Waals surface area (Å²) in [4.78, 5) is 6.27. The molecule has 27 heavy (non-hydrogen) atoms. The molecule has 4 aromatic rings. The molecule has 0 amide bonds. The Kier molecular flexibility index (Phi) is 7.12. The lowest BCUT2D eigenvalue weighted by Crippen LogP contribution is -2.01. The van der Waals surface area contributed by atoms with E-state index < -0.39 is 0 Å². The lowest BCUT2D eigenvalue weighted by molar-refractivity contribution is 0.475. The van der Waals surface area contributed by atoms with Crippen LogP contribution in [0.3, 0.4) is 0 Å². The zero-order valence-electron chi connectivity index (χ0n) is 14.9. The zero-order chi connectivity index (χ0) is 18.5. The highest BCUT2D eigenvalue weighted by molar-refractivity contribution is 5.86. The van der Waals surface area contributed by atoms with Crippen LogP contribution in [0.2, 0.25) is 0 Å². The van der Waals surface area contributed by atoms with E-state index in [2.05, 4.69) is 9.97 Å². The second-order valence-corrected chi connectivity index (χ2v) is 6.16. The Bertz CT molecular complexity index is 928. The van der Waals surface area contributed by atoms with Crippen LogP contribution in [0.15, 0.2) is 48.8 Å². The number of phenols is 2. The van der Waals surface area contributed by atoms with Gasteiger partial charge in [-0.05, 0) is 73.5 Å². The van der Waals surface area contributed by atoms with E-state index in [1.54, 1.807) is 24.3 Å². The van der Waals surface area contributed by atoms with Crippen LogP contribution in [0.4, 0.5) is 0 Å². The second kappa shape index (κ2) is 9.32. The van der Waals surface area contributed by atoms with Crippen LogP contribution in [-0.2, 0) is 12.8 Å². The van der Waals surface area contributed by atoms with Crippen LogP contribution in [0.1, 0.15) is 11.1 Å². The maximum absolute atomic E-state index is 9.30. The third-order valence-corrected chi connectivity index (χ3v) is 4.33. The molecule has 0 aliphatic heterocycles. The maximum atomic E-state index is 9.30. The molecule has 0 aliphatic carbocycles. The van der Waals surface area contributed by atoms with Crippen molar-refractivity contribution >= 4 is 34.2 Å². The van der Waals surface area contributed by atoms with Crippen molar-refractivity contribution in [1.29, 1.82) is 0 Å². The fraction of sp³-hybridized carbons (Fsp3) is 0.200. The topological polar surface area (TPSA) is 124 Å². The lowest BCUT2D eigenvalue weighted by Gasteiger charge is -1.96. The maximum Gasteiger partial charge on any atom is 0.116 e. The van der Waals surface area contributed by atoms with Gasteiger partial charge in [0.15, 0.2) is 0 Å². The van der Waals surface area contributed by atoms with Crippen molar-refractivity contribution < 1.29 is 10.2 Å². The van der Waals surface area contributed by atoms with E-state index >= 15 is 0 Å². The fourth-order valence-electron chi connectivity index (χ4n) is 3.06. The molecule has 0 radical (unpaired) electrons. The van der Waals surface area contributed by atoms with Gasteiger partial charge >= 0.3 is 0 Å². The molecule has 2 aromatic heterocycles. The number of benzene rings is 2. The third kappa shape index (κ3) is 4.74. The predicted molar refractivity (Wildman–Crippen MR) is 113 cm³/mol. The summed E-state index contributed by atoms with van der Waals surface area (Å²) in [5.41, 5.74) is 15.4. The predicted octanol–water partition coefficient (Wildman–Crippen LogP) is 3.17. The van der Waals surface area contributed by atoms with Crippen LogP contribution in [0.5, 0.6) is 11.5 Å². The van der Waals surface area contributed by atoms with Crippen molar-refractivity contribution in [3.05, 3.63) is 59.9 Å². The number of halogens is 1. The number of phenolic OH excluding ortho intramolecular Hbond substituents is 2. The fourth-order valence-corrected chi connectivity index (χ4v) is 3.06. The molecule has 7 heteroatoms. The van der Waals surface area contributed by atoms with E-state index in [4.69, 9.17) is 11.5 Å². The Balaban J connectivity index is 0.000000187. The van der Waals surface area contributed by atoms with Crippen molar-refractivity contribution in [2.75, 3.05) is 13.1 Å². The number of aromatic nitrogens is 2. The lowest BCUT2D eigenvalue weighted by atomic mass is 10.1. The number of hydrogen-bond acceptors (Lipinski definition) is 4. The minimum Gasteiger partial charge on any atom is -0.508 e. The van der Waals surface area contributed by atoms with Crippen molar-refractivity contribution in [2.45, 2.75) is 12.8 Å². The summed E-state index contributed by atoms with van der Waals surface area (Å²) >= 11 is 0. The summed E-state index contributed by atoms with van der Waals surface area (Å²) in [6.07, 6.45) is 5.56. The first-order valence-electron chi connectivity index (χ1n) is 8.60. The number of nitrogens with two attached hydrogens (primary N) is 2. The monoisotopic (exact) mass is 388 g/mol. The Hall–Kier alpha value is -2.67. The third-order valence-electron chi connectivity index (χ3n) is 4.33. The number of aromatic hydroxyl groups is 2. The largest absolute Gasteiger partial charge is 0.508 e. The Morgan fingerprint density at radius 1 is 0.704 bits per heavy atom. The number of H-pyrrole nitrogens is 2. The molecular formula is C20H25ClN4O2. The van der Waals surface area contributed by atoms with Crippen LogP contribution in [0.25, 0.3) is 21.8 Å². The van der Waals surface area contributed by atoms with Gasteiger partial charge in [0.1, 0.15) is 11.5 Å². The summed E-state index contributed by atoms with van der Waals surface area (Å²) in [5.74, 6) is 0.593. The van der Waals surface area contributed by atoms with Crippen molar-refractivity contribution in [2.24, 2.45) is 11.5 Å². The standard InChI is InChI=1S/2C10H12N2O.ClH/c2*11-4-3-7-6-12-10-2-1-8(13)5-9(7)10;/h2*1-2,5-6,12-13H,3-4,11H2;1H. The van der Waals surface area contributed by atoms with Crippen molar-refractivity contribution in [1.82, 2.24) is 9.97 Å². The Morgan fingerprint density at radius 2 is 1.11 bits per heavy atom. The summed E-state index contributed by atoms with van der Waals surface area (Å²) in [6.45, 7) is 1.26. The van der Waals surface area contributed by atoms with Gasteiger partial charge in [-0.2, -0.15) is 0 Å². The number of aromatic amines is 2. The van der Waals surface area contributed by atoms with Crippen molar-refractivity contribution in [3.8, 4) is 11.5 Å². The number of nitrogens with one attached hydrogen (secondary N) is 2. The minimum absolute atomic E-state index is 0. The molecule has 144 valence electrons. The average molecular weight is 389 g/mol. The first-order chi connectivity index (χ1) is 12.6. The summed E-state index contributed by atoms with van der Waals surface area (Å²) < 4.78 is 0. The molecule has 0 spiro atoms. The zero-order valence-corrected chi connectivity index (χ0v) is 15.7. The SMILES string of the molecule is Cl.NCCc1c[nH]c2ccc(O)cc12.NCCc1c[nH]c2ccc(O)cc12. The van der Waals surface area contributed by atoms with Crippen LogP contribution < -0.4 is 11.5 Å². The Labute approximate surface area is 163 Å². The van der Waals surface area contributed by atoms with Gasteiger partial charge in [0.25, 0.3) is 0 Å².